The molecule has 1 aromatic carbocycles. The molecule has 3 aromatic rings. The van der Waals surface area contributed by atoms with Crippen LogP contribution in [-0.2, 0) is 0 Å². The van der Waals surface area contributed by atoms with Gasteiger partial charge in [-0.25, -0.2) is 14.8 Å². The third kappa shape index (κ3) is 6.12. The summed E-state index contributed by atoms with van der Waals surface area (Å²) in [7, 11) is 0. The number of hydrogen-bond donors (Lipinski definition) is 4. The molecule has 0 radical (unpaired) electrons. The third-order valence-electron chi connectivity index (χ3n) is 5.09. The normalized spacial score (nSPS) is 13.3. The molecule has 0 saturated carbocycles. The Hall–Kier alpha value is -3.66. The number of carbonyl (C=O) groups is 1. The summed E-state index contributed by atoms with van der Waals surface area (Å²) in [6.45, 7) is 3.17. The number of benzene rings is 1. The van der Waals surface area contributed by atoms with Crippen molar-refractivity contribution < 1.29 is 9.53 Å². The predicted octanol–water partition coefficient (Wildman–Crippen LogP) is 5.28. The number of ether oxygens (including phenoxy) is 1. The van der Waals surface area contributed by atoms with Gasteiger partial charge in [0, 0.05) is 58.0 Å². The molecule has 2 aromatic heterocycles. The van der Waals surface area contributed by atoms with Crippen LogP contribution in [0.3, 0.4) is 0 Å². The summed E-state index contributed by atoms with van der Waals surface area (Å²) in [6, 6.07) is 8.76. The third-order valence-corrected chi connectivity index (χ3v) is 5.75. The standard InChI is InChI=1S/C25H25Cl2N7O2/c1-2-29-25(35)34-23-18(21-19(26)5-3-4-6-20(21)27)13-15-14-30-24(33-22(15)32-23)31-16-7-9-17(10-8-16)36-12-11-28/h3-5,7-10,13-14H,2,6,11-12,28H2,1H3,(H3,29,30,31,32,33,34,35). The van der Waals surface area contributed by atoms with Gasteiger partial charge in [-0.2, -0.15) is 4.98 Å². The number of hydrogen-bond acceptors (Lipinski definition) is 7. The van der Waals surface area contributed by atoms with Crippen molar-refractivity contribution in [2.75, 3.05) is 30.3 Å². The molecular weight excluding hydrogens is 501 g/mol. The fourth-order valence-corrected chi connectivity index (χ4v) is 4.11. The average molecular weight is 526 g/mol. The summed E-state index contributed by atoms with van der Waals surface area (Å²) >= 11 is 13.1. The zero-order valence-corrected chi connectivity index (χ0v) is 21.0. The highest BCUT2D eigenvalue weighted by atomic mass is 35.5. The van der Waals surface area contributed by atoms with Crippen molar-refractivity contribution in [2.24, 2.45) is 5.73 Å². The number of fused-ring (bicyclic) bond motifs is 1. The minimum atomic E-state index is -0.404. The number of urea groups is 1. The van der Waals surface area contributed by atoms with Gasteiger partial charge in [-0.15, -0.1) is 0 Å². The van der Waals surface area contributed by atoms with Gasteiger partial charge < -0.3 is 21.1 Å². The van der Waals surface area contributed by atoms with E-state index < -0.39 is 6.03 Å². The van der Waals surface area contributed by atoms with Crippen molar-refractivity contribution >= 4 is 63.3 Å². The van der Waals surface area contributed by atoms with Crippen LogP contribution in [-0.4, -0.2) is 40.7 Å². The number of pyridine rings is 1. The Labute approximate surface area is 218 Å². The molecule has 0 spiro atoms. The van der Waals surface area contributed by atoms with Crippen LogP contribution in [0.4, 0.5) is 22.2 Å². The second kappa shape index (κ2) is 11.9. The number of anilines is 3. The van der Waals surface area contributed by atoms with E-state index in [0.29, 0.717) is 64.3 Å². The second-order valence-corrected chi connectivity index (χ2v) is 8.55. The van der Waals surface area contributed by atoms with Gasteiger partial charge >= 0.3 is 6.03 Å². The second-order valence-electron chi connectivity index (χ2n) is 7.69. The number of carbonyl (C=O) groups excluding carboxylic acids is 1. The van der Waals surface area contributed by atoms with Crippen molar-refractivity contribution in [3.63, 3.8) is 0 Å². The quantitative estimate of drug-likeness (QED) is 0.315. The van der Waals surface area contributed by atoms with Gasteiger partial charge in [0.2, 0.25) is 5.95 Å². The van der Waals surface area contributed by atoms with Crippen molar-refractivity contribution in [3.05, 3.63) is 70.4 Å². The van der Waals surface area contributed by atoms with Crippen molar-refractivity contribution in [1.82, 2.24) is 20.3 Å². The smallest absolute Gasteiger partial charge is 0.320 e. The maximum Gasteiger partial charge on any atom is 0.320 e. The Morgan fingerprint density at radius 1 is 1.19 bits per heavy atom. The number of aromatic nitrogens is 3. The first-order valence-corrected chi connectivity index (χ1v) is 12.1. The highest BCUT2D eigenvalue weighted by Crippen LogP contribution is 2.38. The lowest BCUT2D eigenvalue weighted by molar-refractivity contribution is 0.252. The number of amides is 2. The summed E-state index contributed by atoms with van der Waals surface area (Å²) in [6.07, 6.45) is 7.64. The van der Waals surface area contributed by atoms with Crippen LogP contribution in [0, 0.1) is 0 Å². The number of rotatable bonds is 8. The summed E-state index contributed by atoms with van der Waals surface area (Å²) in [5.41, 5.74) is 7.78. The largest absolute Gasteiger partial charge is 0.492 e. The van der Waals surface area contributed by atoms with Crippen LogP contribution in [0.25, 0.3) is 16.6 Å². The van der Waals surface area contributed by atoms with Crippen LogP contribution in [0.1, 0.15) is 18.9 Å². The van der Waals surface area contributed by atoms with Gasteiger partial charge in [-0.1, -0.05) is 35.4 Å². The minimum absolute atomic E-state index is 0.279. The fraction of sp³-hybridized carbons (Fsp3) is 0.200. The summed E-state index contributed by atoms with van der Waals surface area (Å²) in [5.74, 6) is 1.34. The predicted molar refractivity (Wildman–Crippen MR) is 145 cm³/mol. The lowest BCUT2D eigenvalue weighted by Crippen LogP contribution is -2.29. The first-order valence-electron chi connectivity index (χ1n) is 11.3. The van der Waals surface area contributed by atoms with Gasteiger partial charge in [-0.3, -0.25) is 5.32 Å². The molecule has 1 aliphatic carbocycles. The summed E-state index contributed by atoms with van der Waals surface area (Å²) in [4.78, 5) is 26.0. The lowest BCUT2D eigenvalue weighted by Gasteiger charge is -2.16. The van der Waals surface area contributed by atoms with Gasteiger partial charge in [0.25, 0.3) is 0 Å². The average Bonchev–Trinajstić information content (AvgIpc) is 3.03. The molecule has 4 rings (SSSR count). The molecule has 0 atom stereocenters. The fourth-order valence-electron chi connectivity index (χ4n) is 3.48. The number of nitrogens with zero attached hydrogens (tertiary/aromatic N) is 3. The van der Waals surface area contributed by atoms with E-state index in [2.05, 4.69) is 30.9 Å². The molecule has 186 valence electrons. The molecule has 0 fully saturated rings. The van der Waals surface area contributed by atoms with E-state index in [0.717, 1.165) is 11.4 Å². The highest BCUT2D eigenvalue weighted by Gasteiger charge is 2.20. The Kier molecular flexibility index (Phi) is 8.37. The van der Waals surface area contributed by atoms with Gasteiger partial charge in [-0.05, 0) is 43.3 Å². The Morgan fingerprint density at radius 3 is 2.75 bits per heavy atom. The monoisotopic (exact) mass is 525 g/mol. The zero-order valence-electron chi connectivity index (χ0n) is 19.5. The summed E-state index contributed by atoms with van der Waals surface area (Å²) in [5, 5.41) is 10.3. The Balaban J connectivity index is 1.70. The van der Waals surface area contributed by atoms with E-state index in [9.17, 15) is 4.79 Å². The molecule has 2 heterocycles. The Bertz CT molecular complexity index is 1350. The molecule has 0 bridgehead atoms. The summed E-state index contributed by atoms with van der Waals surface area (Å²) < 4.78 is 5.50. The molecule has 36 heavy (non-hydrogen) atoms. The van der Waals surface area contributed by atoms with Crippen LogP contribution >= 0.6 is 23.2 Å². The van der Waals surface area contributed by atoms with Gasteiger partial charge in [0.05, 0.1) is 0 Å². The lowest BCUT2D eigenvalue weighted by atomic mass is 10.0. The zero-order chi connectivity index (χ0) is 25.5. The van der Waals surface area contributed by atoms with Crippen LogP contribution in [0.2, 0.25) is 0 Å². The Morgan fingerprint density at radius 2 is 2.00 bits per heavy atom. The first kappa shape index (κ1) is 25.4. The van der Waals surface area contributed by atoms with Crippen molar-refractivity contribution in [2.45, 2.75) is 13.3 Å². The number of nitrogens with two attached hydrogens (primary N) is 1. The topological polar surface area (TPSA) is 127 Å². The molecule has 0 unspecified atom stereocenters. The molecule has 0 aliphatic heterocycles. The van der Waals surface area contributed by atoms with E-state index in [1.807, 2.05) is 49.4 Å². The SMILES string of the molecule is CCNC(=O)Nc1nc2nc(Nc3ccc(OCCN)cc3)ncc2cc1C1=C(Cl)CC=CC=C1Cl. The molecule has 2 amide bonds. The van der Waals surface area contributed by atoms with E-state index in [1.165, 1.54) is 0 Å². The minimum Gasteiger partial charge on any atom is -0.492 e. The van der Waals surface area contributed by atoms with Gasteiger partial charge in [0.15, 0.2) is 5.65 Å². The highest BCUT2D eigenvalue weighted by molar-refractivity contribution is 6.42. The molecule has 5 N–H and O–H groups in total. The van der Waals surface area contributed by atoms with Crippen LogP contribution in [0.5, 0.6) is 5.75 Å². The number of halogens is 2. The molecule has 1 aliphatic rings. The van der Waals surface area contributed by atoms with Crippen LogP contribution in [0.15, 0.2) is 64.8 Å². The molecule has 0 saturated heterocycles. The number of allylic oxidation sites excluding steroid dienone is 6. The molecule has 9 nitrogen and oxygen atoms in total. The van der Waals surface area contributed by atoms with Gasteiger partial charge in [0.1, 0.15) is 18.2 Å². The maximum atomic E-state index is 12.4. The van der Waals surface area contributed by atoms with E-state index in [1.54, 1.807) is 12.3 Å². The first-order chi connectivity index (χ1) is 17.5. The molecular formula is C25H25Cl2N7O2. The van der Waals surface area contributed by atoms with E-state index in [4.69, 9.17) is 33.7 Å². The van der Waals surface area contributed by atoms with Crippen molar-refractivity contribution in [3.8, 4) is 5.75 Å². The van der Waals surface area contributed by atoms with E-state index in [-0.39, 0.29) is 5.82 Å². The molecule has 11 heteroatoms. The van der Waals surface area contributed by atoms with E-state index >= 15 is 0 Å². The maximum absolute atomic E-state index is 12.4. The van der Waals surface area contributed by atoms with Crippen LogP contribution < -0.4 is 26.4 Å². The number of nitrogens with one attached hydrogen (secondary N) is 3. The van der Waals surface area contributed by atoms with Crippen molar-refractivity contribution in [1.29, 1.82) is 0 Å².